The van der Waals surface area contributed by atoms with Crippen molar-refractivity contribution < 1.29 is 0 Å². The summed E-state index contributed by atoms with van der Waals surface area (Å²) < 4.78 is 0. The SMILES string of the molecule is CCN(C)[C@@H]1CCN[C@@H]2CCCC[C@@H]12. The van der Waals surface area contributed by atoms with Crippen LogP contribution in [-0.2, 0) is 0 Å². The van der Waals surface area contributed by atoms with Crippen molar-refractivity contribution in [2.75, 3.05) is 20.1 Å². The maximum atomic E-state index is 3.70. The summed E-state index contributed by atoms with van der Waals surface area (Å²) >= 11 is 0. The summed E-state index contributed by atoms with van der Waals surface area (Å²) in [6.07, 6.45) is 7.12. The zero-order valence-electron chi connectivity index (χ0n) is 9.63. The van der Waals surface area contributed by atoms with E-state index >= 15 is 0 Å². The molecule has 0 aromatic carbocycles. The van der Waals surface area contributed by atoms with E-state index in [-0.39, 0.29) is 0 Å². The second-order valence-corrected chi connectivity index (χ2v) is 4.94. The van der Waals surface area contributed by atoms with Crippen molar-refractivity contribution in [3.8, 4) is 0 Å². The number of nitrogens with zero attached hydrogens (tertiary/aromatic N) is 1. The minimum Gasteiger partial charge on any atom is -0.314 e. The maximum Gasteiger partial charge on any atom is 0.0147 e. The van der Waals surface area contributed by atoms with Gasteiger partial charge in [0.15, 0.2) is 0 Å². The molecule has 3 atom stereocenters. The molecule has 0 unspecified atom stereocenters. The average molecular weight is 196 g/mol. The van der Waals surface area contributed by atoms with Crippen LogP contribution < -0.4 is 5.32 Å². The molecule has 0 aromatic heterocycles. The Kier molecular flexibility index (Phi) is 3.45. The van der Waals surface area contributed by atoms with Crippen LogP contribution in [0.4, 0.5) is 0 Å². The van der Waals surface area contributed by atoms with Gasteiger partial charge in [0.05, 0.1) is 0 Å². The van der Waals surface area contributed by atoms with Gasteiger partial charge in [0.1, 0.15) is 0 Å². The van der Waals surface area contributed by atoms with E-state index in [0.717, 1.165) is 18.0 Å². The summed E-state index contributed by atoms with van der Waals surface area (Å²) in [5.74, 6) is 0.933. The fourth-order valence-electron chi connectivity index (χ4n) is 3.29. The molecule has 82 valence electrons. The van der Waals surface area contributed by atoms with Crippen LogP contribution in [0, 0.1) is 5.92 Å². The summed E-state index contributed by atoms with van der Waals surface area (Å²) in [4.78, 5) is 2.56. The number of hydrogen-bond acceptors (Lipinski definition) is 2. The van der Waals surface area contributed by atoms with Crippen molar-refractivity contribution in [3.63, 3.8) is 0 Å². The molecule has 14 heavy (non-hydrogen) atoms. The Morgan fingerprint density at radius 1 is 1.21 bits per heavy atom. The summed E-state index contributed by atoms with van der Waals surface area (Å²) in [5, 5.41) is 3.70. The Balaban J connectivity index is 2.01. The highest BCUT2D eigenvalue weighted by atomic mass is 15.1. The maximum absolute atomic E-state index is 3.70. The van der Waals surface area contributed by atoms with Gasteiger partial charge in [-0.15, -0.1) is 0 Å². The van der Waals surface area contributed by atoms with Crippen LogP contribution in [0.1, 0.15) is 39.0 Å². The first-order valence-electron chi connectivity index (χ1n) is 6.26. The van der Waals surface area contributed by atoms with E-state index in [4.69, 9.17) is 0 Å². The van der Waals surface area contributed by atoms with Crippen LogP contribution in [0.15, 0.2) is 0 Å². The highest BCUT2D eigenvalue weighted by Crippen LogP contribution is 2.32. The van der Waals surface area contributed by atoms with Crippen molar-refractivity contribution in [3.05, 3.63) is 0 Å². The Labute approximate surface area is 88.1 Å². The summed E-state index contributed by atoms with van der Waals surface area (Å²) in [6, 6.07) is 1.68. The quantitative estimate of drug-likeness (QED) is 0.725. The van der Waals surface area contributed by atoms with E-state index in [1.54, 1.807) is 0 Å². The standard InChI is InChI=1S/C12H24N2/c1-3-14(2)12-8-9-13-11-7-5-4-6-10(11)12/h10-13H,3-9H2,1-2H3/t10-,11-,12-/m1/s1. The predicted octanol–water partition coefficient (Wildman–Crippen LogP) is 1.86. The van der Waals surface area contributed by atoms with Gasteiger partial charge in [-0.05, 0) is 45.3 Å². The molecule has 2 nitrogen and oxygen atoms in total. The second kappa shape index (κ2) is 4.63. The van der Waals surface area contributed by atoms with E-state index in [2.05, 4.69) is 24.2 Å². The molecule has 2 rings (SSSR count). The van der Waals surface area contributed by atoms with E-state index in [0.29, 0.717) is 0 Å². The van der Waals surface area contributed by atoms with Gasteiger partial charge in [-0.25, -0.2) is 0 Å². The summed E-state index contributed by atoms with van der Waals surface area (Å²) in [5.41, 5.74) is 0. The van der Waals surface area contributed by atoms with Crippen molar-refractivity contribution in [2.45, 2.75) is 51.1 Å². The van der Waals surface area contributed by atoms with Gasteiger partial charge >= 0.3 is 0 Å². The first-order chi connectivity index (χ1) is 6.83. The van der Waals surface area contributed by atoms with Gasteiger partial charge in [0.25, 0.3) is 0 Å². The lowest BCUT2D eigenvalue weighted by Crippen LogP contribution is -2.55. The highest BCUT2D eigenvalue weighted by molar-refractivity contribution is 4.93. The molecule has 1 aliphatic heterocycles. The number of hydrogen-bond donors (Lipinski definition) is 1. The zero-order valence-corrected chi connectivity index (χ0v) is 9.63. The van der Waals surface area contributed by atoms with E-state index in [1.807, 2.05) is 0 Å². The third kappa shape index (κ3) is 1.96. The van der Waals surface area contributed by atoms with Gasteiger partial charge in [-0.3, -0.25) is 0 Å². The molecule has 0 spiro atoms. The van der Waals surface area contributed by atoms with Gasteiger partial charge < -0.3 is 10.2 Å². The molecular formula is C12H24N2. The van der Waals surface area contributed by atoms with Crippen molar-refractivity contribution in [1.82, 2.24) is 10.2 Å². The summed E-state index contributed by atoms with van der Waals surface area (Å²) in [7, 11) is 2.29. The third-order valence-corrected chi connectivity index (χ3v) is 4.23. The van der Waals surface area contributed by atoms with Crippen LogP contribution >= 0.6 is 0 Å². The van der Waals surface area contributed by atoms with Crippen molar-refractivity contribution in [1.29, 1.82) is 0 Å². The minimum absolute atomic E-state index is 0.830. The van der Waals surface area contributed by atoms with Crippen molar-refractivity contribution in [2.24, 2.45) is 5.92 Å². The predicted molar refractivity (Wildman–Crippen MR) is 60.5 cm³/mol. The van der Waals surface area contributed by atoms with Crippen LogP contribution in [0.3, 0.4) is 0 Å². The Bertz CT molecular complexity index is 177. The minimum atomic E-state index is 0.830. The Morgan fingerprint density at radius 2 is 2.00 bits per heavy atom. The molecule has 0 radical (unpaired) electrons. The third-order valence-electron chi connectivity index (χ3n) is 4.23. The molecule has 2 aliphatic rings. The molecule has 0 bridgehead atoms. The molecular weight excluding hydrogens is 172 g/mol. The second-order valence-electron chi connectivity index (χ2n) is 4.94. The first-order valence-corrected chi connectivity index (χ1v) is 6.26. The van der Waals surface area contributed by atoms with Crippen molar-refractivity contribution >= 4 is 0 Å². The molecule has 2 fully saturated rings. The molecule has 0 amide bonds. The lowest BCUT2D eigenvalue weighted by Gasteiger charge is -2.45. The number of rotatable bonds is 2. The number of nitrogens with one attached hydrogen (secondary N) is 1. The lowest BCUT2D eigenvalue weighted by atomic mass is 9.76. The van der Waals surface area contributed by atoms with Crippen LogP contribution in [0.2, 0.25) is 0 Å². The van der Waals surface area contributed by atoms with Crippen LogP contribution in [0.25, 0.3) is 0 Å². The van der Waals surface area contributed by atoms with Gasteiger partial charge in [0, 0.05) is 12.1 Å². The largest absolute Gasteiger partial charge is 0.314 e. The van der Waals surface area contributed by atoms with E-state index in [1.165, 1.54) is 45.2 Å². The normalized spacial score (nSPS) is 38.4. The monoisotopic (exact) mass is 196 g/mol. The number of fused-ring (bicyclic) bond motifs is 1. The number of piperidine rings is 1. The van der Waals surface area contributed by atoms with Gasteiger partial charge in [-0.2, -0.15) is 0 Å². The molecule has 1 aliphatic carbocycles. The fraction of sp³-hybridized carbons (Fsp3) is 1.00. The Morgan fingerprint density at radius 3 is 2.79 bits per heavy atom. The highest BCUT2D eigenvalue weighted by Gasteiger charge is 2.35. The smallest absolute Gasteiger partial charge is 0.0147 e. The van der Waals surface area contributed by atoms with Gasteiger partial charge in [-0.1, -0.05) is 19.8 Å². The van der Waals surface area contributed by atoms with Gasteiger partial charge in [0.2, 0.25) is 0 Å². The average Bonchev–Trinajstić information content (AvgIpc) is 2.27. The van der Waals surface area contributed by atoms with Crippen LogP contribution in [-0.4, -0.2) is 37.1 Å². The zero-order chi connectivity index (χ0) is 9.97. The molecule has 1 saturated heterocycles. The summed E-state index contributed by atoms with van der Waals surface area (Å²) in [6.45, 7) is 4.71. The Hall–Kier alpha value is -0.0800. The molecule has 1 N–H and O–H groups in total. The fourth-order valence-corrected chi connectivity index (χ4v) is 3.29. The van der Waals surface area contributed by atoms with E-state index in [9.17, 15) is 0 Å². The van der Waals surface area contributed by atoms with Crippen LogP contribution in [0.5, 0.6) is 0 Å². The van der Waals surface area contributed by atoms with E-state index < -0.39 is 0 Å². The topological polar surface area (TPSA) is 15.3 Å². The molecule has 0 aromatic rings. The molecule has 1 heterocycles. The molecule has 1 saturated carbocycles. The first kappa shape index (κ1) is 10.4. The lowest BCUT2D eigenvalue weighted by molar-refractivity contribution is 0.0837. The molecule has 2 heteroatoms.